The lowest BCUT2D eigenvalue weighted by atomic mass is 10.2. The summed E-state index contributed by atoms with van der Waals surface area (Å²) in [5, 5.41) is 7.63. The number of aromatic nitrogens is 2. The zero-order valence-electron chi connectivity index (χ0n) is 13.1. The maximum atomic E-state index is 4.77. The maximum absolute atomic E-state index is 4.77. The fourth-order valence-corrected chi connectivity index (χ4v) is 2.70. The van der Waals surface area contributed by atoms with Crippen molar-refractivity contribution in [1.29, 1.82) is 0 Å². The van der Waals surface area contributed by atoms with Crippen molar-refractivity contribution in [2.75, 3.05) is 19.6 Å². The number of likely N-dealkylation sites (tertiary alicyclic amines) is 1. The Hall–Kier alpha value is -2.30. The van der Waals surface area contributed by atoms with Crippen molar-refractivity contribution in [3.63, 3.8) is 0 Å². The molecule has 2 heterocycles. The quantitative estimate of drug-likeness (QED) is 0.696. The van der Waals surface area contributed by atoms with Gasteiger partial charge >= 0.3 is 0 Å². The molecule has 22 heavy (non-hydrogen) atoms. The fraction of sp³-hybridized carbons (Fsp3) is 0.412. The van der Waals surface area contributed by atoms with Crippen molar-refractivity contribution in [1.82, 2.24) is 20.0 Å². The SMILES string of the molecule is CCNC(=NCc1ccc(-n2cccn2)cc1)N1CCCC1. The highest BCUT2D eigenvalue weighted by Gasteiger charge is 2.15. The fourth-order valence-electron chi connectivity index (χ4n) is 2.70. The molecule has 0 unspecified atom stereocenters. The minimum atomic E-state index is 0.707. The number of hydrogen-bond donors (Lipinski definition) is 1. The van der Waals surface area contributed by atoms with Gasteiger partial charge in [0.1, 0.15) is 0 Å². The highest BCUT2D eigenvalue weighted by Crippen LogP contribution is 2.11. The average molecular weight is 297 g/mol. The summed E-state index contributed by atoms with van der Waals surface area (Å²) in [7, 11) is 0. The molecule has 0 atom stereocenters. The van der Waals surface area contributed by atoms with Crippen LogP contribution in [0, 0.1) is 0 Å². The molecule has 2 aromatic rings. The Labute approximate surface area is 131 Å². The van der Waals surface area contributed by atoms with Crippen LogP contribution in [0.1, 0.15) is 25.3 Å². The van der Waals surface area contributed by atoms with Gasteiger partial charge in [-0.15, -0.1) is 0 Å². The summed E-state index contributed by atoms with van der Waals surface area (Å²) < 4.78 is 1.86. The number of aliphatic imine (C=N–C) groups is 1. The highest BCUT2D eigenvalue weighted by atomic mass is 15.3. The standard InChI is InChI=1S/C17H23N5/c1-2-18-17(21-11-3-4-12-21)19-14-15-6-8-16(9-7-15)22-13-5-10-20-22/h5-10,13H,2-4,11-12,14H2,1H3,(H,18,19). The predicted octanol–water partition coefficient (Wildman–Crippen LogP) is 2.43. The van der Waals surface area contributed by atoms with E-state index in [1.165, 1.54) is 18.4 Å². The molecule has 1 aromatic carbocycles. The Kier molecular flexibility index (Phi) is 4.73. The number of hydrogen-bond acceptors (Lipinski definition) is 2. The summed E-state index contributed by atoms with van der Waals surface area (Å²) in [5.74, 6) is 1.04. The topological polar surface area (TPSA) is 45.5 Å². The molecular weight excluding hydrogens is 274 g/mol. The van der Waals surface area contributed by atoms with Crippen LogP contribution >= 0.6 is 0 Å². The lowest BCUT2D eigenvalue weighted by Gasteiger charge is -2.20. The first-order valence-electron chi connectivity index (χ1n) is 7.99. The molecular formula is C17H23N5. The first kappa shape index (κ1) is 14.6. The van der Waals surface area contributed by atoms with Crippen LogP contribution in [0.3, 0.4) is 0 Å². The van der Waals surface area contributed by atoms with Crippen LogP contribution in [0.4, 0.5) is 0 Å². The van der Waals surface area contributed by atoms with Gasteiger partial charge in [-0.25, -0.2) is 9.67 Å². The molecule has 3 rings (SSSR count). The van der Waals surface area contributed by atoms with E-state index in [0.717, 1.165) is 31.3 Å². The third kappa shape index (κ3) is 3.47. The van der Waals surface area contributed by atoms with Crippen molar-refractivity contribution in [2.45, 2.75) is 26.3 Å². The molecule has 0 aliphatic carbocycles. The molecule has 116 valence electrons. The summed E-state index contributed by atoms with van der Waals surface area (Å²) in [6.45, 7) is 5.96. The van der Waals surface area contributed by atoms with E-state index in [2.05, 4.69) is 46.5 Å². The minimum absolute atomic E-state index is 0.707. The van der Waals surface area contributed by atoms with E-state index in [-0.39, 0.29) is 0 Å². The van der Waals surface area contributed by atoms with Crippen LogP contribution in [-0.2, 0) is 6.54 Å². The van der Waals surface area contributed by atoms with Crippen LogP contribution in [0.2, 0.25) is 0 Å². The second-order valence-corrected chi connectivity index (χ2v) is 5.48. The molecule has 5 nitrogen and oxygen atoms in total. The van der Waals surface area contributed by atoms with Crippen molar-refractivity contribution in [3.05, 3.63) is 48.3 Å². The summed E-state index contributed by atoms with van der Waals surface area (Å²) in [6.07, 6.45) is 6.27. The molecule has 0 bridgehead atoms. The number of guanidine groups is 1. The van der Waals surface area contributed by atoms with Gasteiger partial charge in [0.15, 0.2) is 5.96 Å². The second kappa shape index (κ2) is 7.11. The van der Waals surface area contributed by atoms with Crippen molar-refractivity contribution in [2.24, 2.45) is 4.99 Å². The normalized spacial score (nSPS) is 15.3. The van der Waals surface area contributed by atoms with E-state index >= 15 is 0 Å². The van der Waals surface area contributed by atoms with Crippen LogP contribution < -0.4 is 5.32 Å². The summed E-state index contributed by atoms with van der Waals surface area (Å²) in [4.78, 5) is 7.12. The largest absolute Gasteiger partial charge is 0.357 e. The van der Waals surface area contributed by atoms with E-state index in [9.17, 15) is 0 Å². The molecule has 0 saturated carbocycles. The summed E-state index contributed by atoms with van der Waals surface area (Å²) in [6, 6.07) is 10.3. The Morgan fingerprint density at radius 3 is 2.64 bits per heavy atom. The first-order chi connectivity index (χ1) is 10.9. The molecule has 1 fully saturated rings. The van der Waals surface area contributed by atoms with Gasteiger partial charge in [0.05, 0.1) is 12.2 Å². The second-order valence-electron chi connectivity index (χ2n) is 5.48. The number of rotatable bonds is 4. The molecule has 5 heteroatoms. The zero-order chi connectivity index (χ0) is 15.2. The highest BCUT2D eigenvalue weighted by molar-refractivity contribution is 5.80. The van der Waals surface area contributed by atoms with Crippen LogP contribution in [0.25, 0.3) is 5.69 Å². The molecule has 0 spiro atoms. The van der Waals surface area contributed by atoms with Gasteiger partial charge in [-0.05, 0) is 43.5 Å². The summed E-state index contributed by atoms with van der Waals surface area (Å²) >= 11 is 0. The van der Waals surface area contributed by atoms with Crippen molar-refractivity contribution >= 4 is 5.96 Å². The number of nitrogens with zero attached hydrogens (tertiary/aromatic N) is 4. The number of benzene rings is 1. The Bertz CT molecular complexity index is 594. The third-order valence-corrected chi connectivity index (χ3v) is 3.86. The maximum Gasteiger partial charge on any atom is 0.194 e. The third-order valence-electron chi connectivity index (χ3n) is 3.86. The molecule has 0 amide bonds. The van der Waals surface area contributed by atoms with Crippen molar-refractivity contribution < 1.29 is 0 Å². The Balaban J connectivity index is 1.67. The smallest absolute Gasteiger partial charge is 0.194 e. The van der Waals surface area contributed by atoms with Crippen molar-refractivity contribution in [3.8, 4) is 5.69 Å². The average Bonchev–Trinajstić information content (AvgIpc) is 3.25. The van der Waals surface area contributed by atoms with E-state index in [1.54, 1.807) is 6.20 Å². The molecule has 1 aliphatic heterocycles. The van der Waals surface area contributed by atoms with Gasteiger partial charge in [0.2, 0.25) is 0 Å². The zero-order valence-corrected chi connectivity index (χ0v) is 13.1. The lowest BCUT2D eigenvalue weighted by Crippen LogP contribution is -2.39. The van der Waals surface area contributed by atoms with Gasteiger partial charge < -0.3 is 10.2 Å². The van der Waals surface area contributed by atoms with Gasteiger partial charge in [-0.2, -0.15) is 5.10 Å². The van der Waals surface area contributed by atoms with E-state index in [0.29, 0.717) is 6.54 Å². The molecule has 1 saturated heterocycles. The molecule has 0 radical (unpaired) electrons. The van der Waals surface area contributed by atoms with Gasteiger partial charge in [-0.3, -0.25) is 0 Å². The van der Waals surface area contributed by atoms with Crippen LogP contribution in [-0.4, -0.2) is 40.3 Å². The molecule has 1 N–H and O–H groups in total. The van der Waals surface area contributed by atoms with E-state index < -0.39 is 0 Å². The van der Waals surface area contributed by atoms with Gasteiger partial charge in [0.25, 0.3) is 0 Å². The predicted molar refractivity (Wildman–Crippen MR) is 89.2 cm³/mol. The first-order valence-corrected chi connectivity index (χ1v) is 7.99. The lowest BCUT2D eigenvalue weighted by molar-refractivity contribution is 0.493. The Morgan fingerprint density at radius 2 is 2.00 bits per heavy atom. The van der Waals surface area contributed by atoms with Gasteiger partial charge in [0, 0.05) is 32.0 Å². The van der Waals surface area contributed by atoms with E-state index in [1.807, 2.05) is 16.9 Å². The monoisotopic (exact) mass is 297 g/mol. The van der Waals surface area contributed by atoms with Crippen LogP contribution in [0.15, 0.2) is 47.7 Å². The summed E-state index contributed by atoms with van der Waals surface area (Å²) in [5.41, 5.74) is 2.29. The minimum Gasteiger partial charge on any atom is -0.357 e. The van der Waals surface area contributed by atoms with Gasteiger partial charge in [-0.1, -0.05) is 12.1 Å². The van der Waals surface area contributed by atoms with E-state index in [4.69, 9.17) is 4.99 Å². The molecule has 1 aliphatic rings. The molecule has 1 aromatic heterocycles. The number of nitrogens with one attached hydrogen (secondary N) is 1. The van der Waals surface area contributed by atoms with Crippen LogP contribution in [0.5, 0.6) is 0 Å². The Morgan fingerprint density at radius 1 is 1.23 bits per heavy atom.